The number of hydrogen-bond donors (Lipinski definition) is 0. The first-order valence-electron chi connectivity index (χ1n) is 5.54. The predicted octanol–water partition coefficient (Wildman–Crippen LogP) is 0.933. The molecule has 0 aliphatic carbocycles. The van der Waals surface area contributed by atoms with Crippen molar-refractivity contribution < 1.29 is 13.2 Å². The fraction of sp³-hybridized carbons (Fsp3) is 0.600. The van der Waals surface area contributed by atoms with Gasteiger partial charge in [-0.1, -0.05) is 11.6 Å². The lowest BCUT2D eigenvalue weighted by atomic mass is 10.1. The number of sulfonamides is 1. The Hall–Kier alpha value is -0.920. The highest BCUT2D eigenvalue weighted by Gasteiger charge is 2.27. The number of ether oxygens (including phenoxy) is 1. The van der Waals surface area contributed by atoms with Gasteiger partial charge < -0.3 is 4.74 Å². The minimum atomic E-state index is -3.17. The molecule has 0 radical (unpaired) electrons. The molecule has 0 spiro atoms. The molecule has 6 nitrogen and oxygen atoms in total. The molecule has 0 bridgehead atoms. The van der Waals surface area contributed by atoms with Gasteiger partial charge in [-0.3, -0.25) is 0 Å². The monoisotopic (exact) mass is 291 g/mol. The number of piperidine rings is 1. The van der Waals surface area contributed by atoms with Gasteiger partial charge in [0.2, 0.25) is 10.0 Å². The summed E-state index contributed by atoms with van der Waals surface area (Å²) in [7, 11) is -3.17. The summed E-state index contributed by atoms with van der Waals surface area (Å²) in [6.07, 6.45) is 5.44. The van der Waals surface area contributed by atoms with Crippen molar-refractivity contribution in [3.8, 4) is 6.01 Å². The third-order valence-electron chi connectivity index (χ3n) is 2.68. The van der Waals surface area contributed by atoms with Crippen molar-refractivity contribution >= 4 is 21.6 Å². The molecule has 0 N–H and O–H groups in total. The molecule has 1 aromatic heterocycles. The van der Waals surface area contributed by atoms with E-state index >= 15 is 0 Å². The van der Waals surface area contributed by atoms with Crippen LogP contribution in [0.1, 0.15) is 12.8 Å². The van der Waals surface area contributed by atoms with Crippen LogP contribution in [0.4, 0.5) is 0 Å². The molecular formula is C10H14ClN3O3S. The van der Waals surface area contributed by atoms with Crippen LogP contribution in [0, 0.1) is 0 Å². The molecule has 2 rings (SSSR count). The van der Waals surface area contributed by atoms with Gasteiger partial charge in [-0.2, -0.15) is 4.31 Å². The third-order valence-corrected chi connectivity index (χ3v) is 4.14. The normalized spacial score (nSPS) is 21.8. The molecule has 1 saturated heterocycles. The minimum absolute atomic E-state index is 0.213. The van der Waals surface area contributed by atoms with Crippen LogP contribution in [0.15, 0.2) is 12.4 Å². The molecule has 1 aromatic rings. The van der Waals surface area contributed by atoms with Crippen LogP contribution >= 0.6 is 11.6 Å². The lowest BCUT2D eigenvalue weighted by molar-refractivity contribution is 0.119. The van der Waals surface area contributed by atoms with Gasteiger partial charge in [0.05, 0.1) is 30.2 Å². The maximum absolute atomic E-state index is 11.5. The van der Waals surface area contributed by atoms with Crippen molar-refractivity contribution in [1.82, 2.24) is 14.3 Å². The molecule has 1 aliphatic heterocycles. The molecule has 0 saturated carbocycles. The Morgan fingerprint density at radius 3 is 2.72 bits per heavy atom. The largest absolute Gasteiger partial charge is 0.459 e. The summed E-state index contributed by atoms with van der Waals surface area (Å²) in [5, 5.41) is 0.434. The number of halogens is 1. The number of rotatable bonds is 3. The summed E-state index contributed by atoms with van der Waals surface area (Å²) < 4.78 is 29.9. The lowest BCUT2D eigenvalue weighted by Gasteiger charge is -2.30. The van der Waals surface area contributed by atoms with Gasteiger partial charge in [0.1, 0.15) is 6.10 Å². The quantitative estimate of drug-likeness (QED) is 0.828. The van der Waals surface area contributed by atoms with Crippen LogP contribution in [0.25, 0.3) is 0 Å². The van der Waals surface area contributed by atoms with E-state index in [4.69, 9.17) is 16.3 Å². The minimum Gasteiger partial charge on any atom is -0.459 e. The number of nitrogens with zero attached hydrogens (tertiary/aromatic N) is 3. The molecule has 18 heavy (non-hydrogen) atoms. The highest BCUT2D eigenvalue weighted by molar-refractivity contribution is 7.88. The first-order chi connectivity index (χ1) is 8.45. The smallest absolute Gasteiger partial charge is 0.316 e. The zero-order valence-corrected chi connectivity index (χ0v) is 11.5. The third kappa shape index (κ3) is 3.54. The zero-order chi connectivity index (χ0) is 13.2. The topological polar surface area (TPSA) is 72.4 Å². The second kappa shape index (κ2) is 5.38. The molecule has 8 heteroatoms. The first-order valence-corrected chi connectivity index (χ1v) is 7.77. The Morgan fingerprint density at radius 1 is 1.44 bits per heavy atom. The highest BCUT2D eigenvalue weighted by atomic mass is 35.5. The number of aromatic nitrogens is 2. The number of hydrogen-bond acceptors (Lipinski definition) is 5. The van der Waals surface area contributed by atoms with Crippen molar-refractivity contribution in [2.75, 3.05) is 19.3 Å². The van der Waals surface area contributed by atoms with E-state index in [2.05, 4.69) is 9.97 Å². The van der Waals surface area contributed by atoms with Crippen LogP contribution in [0.5, 0.6) is 6.01 Å². The van der Waals surface area contributed by atoms with Gasteiger partial charge in [0.15, 0.2) is 0 Å². The molecular weight excluding hydrogens is 278 g/mol. The van der Waals surface area contributed by atoms with Crippen molar-refractivity contribution in [3.63, 3.8) is 0 Å². The van der Waals surface area contributed by atoms with Gasteiger partial charge in [-0.15, -0.1) is 0 Å². The average Bonchev–Trinajstić information content (AvgIpc) is 2.31. The Kier molecular flexibility index (Phi) is 4.04. The van der Waals surface area contributed by atoms with Crippen molar-refractivity contribution in [3.05, 3.63) is 17.4 Å². The zero-order valence-electron chi connectivity index (χ0n) is 9.91. The maximum Gasteiger partial charge on any atom is 0.316 e. The molecule has 0 aromatic carbocycles. The molecule has 0 amide bonds. The predicted molar refractivity (Wildman–Crippen MR) is 67.1 cm³/mol. The highest BCUT2D eigenvalue weighted by Crippen LogP contribution is 2.17. The van der Waals surface area contributed by atoms with E-state index in [0.29, 0.717) is 18.1 Å². The van der Waals surface area contributed by atoms with Gasteiger partial charge in [-0.25, -0.2) is 18.4 Å². The second-order valence-electron chi connectivity index (χ2n) is 4.19. The van der Waals surface area contributed by atoms with Crippen LogP contribution in [-0.4, -0.2) is 48.1 Å². The van der Waals surface area contributed by atoms with Gasteiger partial charge in [0.25, 0.3) is 0 Å². The molecule has 2 heterocycles. The van der Waals surface area contributed by atoms with Crippen LogP contribution in [-0.2, 0) is 10.0 Å². The van der Waals surface area contributed by atoms with E-state index in [1.54, 1.807) is 0 Å². The fourth-order valence-electron chi connectivity index (χ4n) is 1.81. The van der Waals surface area contributed by atoms with Crippen molar-refractivity contribution in [2.45, 2.75) is 18.9 Å². The van der Waals surface area contributed by atoms with E-state index in [9.17, 15) is 8.42 Å². The summed E-state index contributed by atoms with van der Waals surface area (Å²) in [4.78, 5) is 7.85. The Balaban J connectivity index is 2.00. The van der Waals surface area contributed by atoms with Gasteiger partial charge in [0, 0.05) is 6.54 Å². The molecule has 100 valence electrons. The van der Waals surface area contributed by atoms with Crippen LogP contribution in [0.3, 0.4) is 0 Å². The summed E-state index contributed by atoms with van der Waals surface area (Å²) in [5.41, 5.74) is 0. The summed E-state index contributed by atoms with van der Waals surface area (Å²) in [6.45, 7) is 0.880. The van der Waals surface area contributed by atoms with Crippen LogP contribution in [0.2, 0.25) is 5.02 Å². The first kappa shape index (κ1) is 13.5. The van der Waals surface area contributed by atoms with E-state index in [1.807, 2.05) is 0 Å². The Morgan fingerprint density at radius 2 is 2.11 bits per heavy atom. The van der Waals surface area contributed by atoms with E-state index in [0.717, 1.165) is 12.8 Å². The molecule has 1 aliphatic rings. The fourth-order valence-corrected chi connectivity index (χ4v) is 2.81. The van der Waals surface area contributed by atoms with Gasteiger partial charge >= 0.3 is 6.01 Å². The van der Waals surface area contributed by atoms with E-state index < -0.39 is 10.0 Å². The lowest BCUT2D eigenvalue weighted by Crippen LogP contribution is -2.44. The maximum atomic E-state index is 11.5. The molecule has 1 atom stereocenters. The SMILES string of the molecule is CS(=O)(=O)N1CCCC(Oc2ncc(Cl)cn2)C1. The van der Waals surface area contributed by atoms with Gasteiger partial charge in [-0.05, 0) is 12.8 Å². The van der Waals surface area contributed by atoms with Crippen molar-refractivity contribution in [1.29, 1.82) is 0 Å². The molecule has 1 unspecified atom stereocenters. The summed E-state index contributed by atoms with van der Waals surface area (Å²) >= 11 is 5.67. The van der Waals surface area contributed by atoms with E-state index in [1.165, 1.54) is 23.0 Å². The Bertz CT molecular complexity index is 506. The average molecular weight is 292 g/mol. The van der Waals surface area contributed by atoms with Crippen LogP contribution < -0.4 is 4.74 Å². The standard InChI is InChI=1S/C10H14ClN3O3S/c1-18(15,16)14-4-2-3-9(7-14)17-10-12-5-8(11)6-13-10/h5-6,9H,2-4,7H2,1H3. The van der Waals surface area contributed by atoms with Crippen molar-refractivity contribution in [2.24, 2.45) is 0 Å². The van der Waals surface area contributed by atoms with E-state index in [-0.39, 0.29) is 12.1 Å². The second-order valence-corrected chi connectivity index (χ2v) is 6.61. The summed E-state index contributed by atoms with van der Waals surface area (Å²) in [5.74, 6) is 0. The summed E-state index contributed by atoms with van der Waals surface area (Å²) in [6, 6.07) is 0.222. The molecule has 1 fully saturated rings. The Labute approximate surface area is 111 Å².